The number of thiocarbonyl (C=S) groups is 1. The first kappa shape index (κ1) is 12.0. The number of rotatable bonds is 3. The van der Waals surface area contributed by atoms with Crippen LogP contribution in [0.15, 0.2) is 35.3 Å². The van der Waals surface area contributed by atoms with Crippen molar-refractivity contribution >= 4 is 41.0 Å². The maximum Gasteiger partial charge on any atom is 0.279 e. The Labute approximate surface area is 116 Å². The van der Waals surface area contributed by atoms with Gasteiger partial charge in [0.05, 0.1) is 5.69 Å². The van der Waals surface area contributed by atoms with Crippen LogP contribution < -0.4 is 15.2 Å². The maximum atomic E-state index is 12.4. The molecule has 0 aromatic heterocycles. The Hall–Kier alpha value is -2.08. The van der Waals surface area contributed by atoms with Crippen molar-refractivity contribution in [3.05, 3.63) is 30.3 Å². The summed E-state index contributed by atoms with van der Waals surface area (Å²) in [5.41, 5.74) is 1.76. The van der Waals surface area contributed by atoms with Crippen LogP contribution in [0.3, 0.4) is 0 Å². The Morgan fingerprint density at radius 3 is 2.89 bits per heavy atom. The van der Waals surface area contributed by atoms with Crippen molar-refractivity contribution in [2.45, 2.75) is 12.5 Å². The fourth-order valence-electron chi connectivity index (χ4n) is 2.20. The molecule has 2 N–H and O–H groups in total. The topological polar surface area (TPSA) is 58.7 Å². The molecular formula is C13H13N4OS+. The third kappa shape index (κ3) is 2.26. The second kappa shape index (κ2) is 4.89. The van der Waals surface area contributed by atoms with E-state index in [1.165, 1.54) is 0 Å². The summed E-state index contributed by atoms with van der Waals surface area (Å²) in [5.74, 6) is -0.0224. The number of aliphatic imine (C=N–C) groups is 1. The van der Waals surface area contributed by atoms with E-state index in [1.807, 2.05) is 30.3 Å². The molecule has 1 aromatic carbocycles. The van der Waals surface area contributed by atoms with Gasteiger partial charge in [-0.2, -0.15) is 0 Å². The van der Waals surface area contributed by atoms with E-state index in [9.17, 15) is 4.79 Å². The van der Waals surface area contributed by atoms with E-state index in [4.69, 9.17) is 12.2 Å². The zero-order chi connectivity index (χ0) is 13.2. The Morgan fingerprint density at radius 1 is 1.42 bits per heavy atom. The van der Waals surface area contributed by atoms with Crippen LogP contribution in [-0.2, 0) is 4.79 Å². The molecule has 19 heavy (non-hydrogen) atoms. The number of hydrogen-bond donors (Lipinski definition) is 2. The van der Waals surface area contributed by atoms with E-state index in [0.717, 1.165) is 11.4 Å². The highest BCUT2D eigenvalue weighted by Crippen LogP contribution is 2.20. The first-order valence-electron chi connectivity index (χ1n) is 6.06. The molecule has 1 atom stereocenters. The number of nitrogens with zero attached hydrogens (tertiary/aromatic N) is 2. The molecule has 0 saturated carbocycles. The van der Waals surface area contributed by atoms with E-state index in [1.54, 1.807) is 11.2 Å². The van der Waals surface area contributed by atoms with Crippen molar-refractivity contribution in [3.63, 3.8) is 0 Å². The van der Waals surface area contributed by atoms with Gasteiger partial charge in [0.2, 0.25) is 0 Å². The number of benzene rings is 1. The highest BCUT2D eigenvalue weighted by molar-refractivity contribution is 7.80. The molecule has 0 aliphatic carbocycles. The fourth-order valence-corrected chi connectivity index (χ4v) is 2.54. The van der Waals surface area contributed by atoms with Crippen molar-refractivity contribution < 1.29 is 9.79 Å². The summed E-state index contributed by atoms with van der Waals surface area (Å²) < 4.78 is 0. The average Bonchev–Trinajstić information content (AvgIpc) is 3.01. The predicted octanol–water partition coefficient (Wildman–Crippen LogP) is -0.770. The molecule has 6 heteroatoms. The average molecular weight is 273 g/mol. The molecule has 5 nitrogen and oxygen atoms in total. The van der Waals surface area contributed by atoms with Crippen molar-refractivity contribution in [1.82, 2.24) is 5.32 Å². The molecule has 96 valence electrons. The summed E-state index contributed by atoms with van der Waals surface area (Å²) in [5, 5.41) is 3.52. The van der Waals surface area contributed by atoms with Gasteiger partial charge in [0.25, 0.3) is 12.2 Å². The lowest BCUT2D eigenvalue weighted by Gasteiger charge is -2.14. The van der Waals surface area contributed by atoms with Crippen molar-refractivity contribution in [3.8, 4) is 0 Å². The van der Waals surface area contributed by atoms with Crippen LogP contribution in [0.4, 0.5) is 5.69 Å². The molecule has 2 aliphatic heterocycles. The van der Waals surface area contributed by atoms with Crippen LogP contribution in [0.5, 0.6) is 0 Å². The molecule has 0 bridgehead atoms. The number of carbonyl (C=O) groups excluding carboxylic acids is 1. The molecule has 0 unspecified atom stereocenters. The Kier molecular flexibility index (Phi) is 3.08. The normalized spacial score (nSPS) is 21.8. The van der Waals surface area contributed by atoms with Gasteiger partial charge in [0, 0.05) is 6.42 Å². The molecule has 3 rings (SSSR count). The van der Waals surface area contributed by atoms with Gasteiger partial charge in [-0.1, -0.05) is 23.2 Å². The van der Waals surface area contributed by atoms with Crippen LogP contribution in [0.1, 0.15) is 6.42 Å². The molecule has 0 spiro atoms. The quantitative estimate of drug-likeness (QED) is 0.711. The molecular weight excluding hydrogens is 260 g/mol. The van der Waals surface area contributed by atoms with Crippen LogP contribution in [0.2, 0.25) is 0 Å². The third-order valence-corrected chi connectivity index (χ3v) is 3.42. The second-order valence-corrected chi connectivity index (χ2v) is 4.81. The maximum absolute atomic E-state index is 12.4. The monoisotopic (exact) mass is 273 g/mol. The van der Waals surface area contributed by atoms with Gasteiger partial charge in [-0.15, -0.1) is 0 Å². The minimum atomic E-state index is -0.320. The van der Waals surface area contributed by atoms with Crippen molar-refractivity contribution in [1.29, 1.82) is 0 Å². The van der Waals surface area contributed by atoms with Gasteiger partial charge in [-0.3, -0.25) is 14.7 Å². The van der Waals surface area contributed by atoms with Crippen molar-refractivity contribution in [2.24, 2.45) is 4.99 Å². The minimum absolute atomic E-state index is 0.0224. The summed E-state index contributed by atoms with van der Waals surface area (Å²) >= 11 is 5.25. The second-order valence-electron chi connectivity index (χ2n) is 4.42. The minimum Gasteiger partial charge on any atom is -0.350 e. The SMILES string of the molecule is O=C1[C@H](CC2=NC=[NH+]C2)NC(=S)N1c1ccccc1. The summed E-state index contributed by atoms with van der Waals surface area (Å²) in [4.78, 5) is 21.1. The number of anilines is 1. The van der Waals surface area contributed by atoms with Crippen LogP contribution in [0.25, 0.3) is 0 Å². The molecule has 1 fully saturated rings. The summed E-state index contributed by atoms with van der Waals surface area (Å²) in [6, 6.07) is 9.11. The molecule has 2 heterocycles. The highest BCUT2D eigenvalue weighted by Gasteiger charge is 2.38. The molecule has 2 aliphatic rings. The predicted molar refractivity (Wildman–Crippen MR) is 77.4 cm³/mol. The van der Waals surface area contributed by atoms with E-state index in [-0.39, 0.29) is 11.9 Å². The molecule has 1 saturated heterocycles. The first-order chi connectivity index (χ1) is 9.25. The van der Waals surface area contributed by atoms with Gasteiger partial charge in [-0.05, 0) is 24.4 Å². The zero-order valence-electron chi connectivity index (χ0n) is 10.2. The lowest BCUT2D eigenvalue weighted by molar-refractivity contribution is -0.430. The number of hydrogen-bond acceptors (Lipinski definition) is 3. The highest BCUT2D eigenvalue weighted by atomic mass is 32.1. The molecule has 1 aromatic rings. The number of carbonyl (C=O) groups is 1. The van der Waals surface area contributed by atoms with Gasteiger partial charge < -0.3 is 5.32 Å². The number of para-hydroxylation sites is 1. The van der Waals surface area contributed by atoms with E-state index in [2.05, 4.69) is 15.3 Å². The van der Waals surface area contributed by atoms with Gasteiger partial charge >= 0.3 is 0 Å². The molecule has 0 radical (unpaired) electrons. The summed E-state index contributed by atoms with van der Waals surface area (Å²) in [6.45, 7) is 0.698. The van der Waals surface area contributed by atoms with Crippen LogP contribution in [0, 0.1) is 0 Å². The van der Waals surface area contributed by atoms with Crippen LogP contribution >= 0.6 is 12.2 Å². The van der Waals surface area contributed by atoms with Crippen LogP contribution in [-0.4, -0.2) is 35.7 Å². The Bertz CT molecular complexity index is 582. The van der Waals surface area contributed by atoms with E-state index in [0.29, 0.717) is 18.1 Å². The first-order valence-corrected chi connectivity index (χ1v) is 6.46. The number of nitrogens with one attached hydrogen (secondary N) is 2. The Balaban J connectivity index is 1.78. The van der Waals surface area contributed by atoms with E-state index >= 15 is 0 Å². The Morgan fingerprint density at radius 2 is 2.21 bits per heavy atom. The largest absolute Gasteiger partial charge is 0.350 e. The smallest absolute Gasteiger partial charge is 0.279 e. The van der Waals surface area contributed by atoms with E-state index < -0.39 is 0 Å². The van der Waals surface area contributed by atoms with Crippen molar-refractivity contribution in [2.75, 3.05) is 11.4 Å². The van der Waals surface area contributed by atoms with Gasteiger partial charge in [0.15, 0.2) is 10.8 Å². The lowest BCUT2D eigenvalue weighted by Crippen LogP contribution is -2.68. The summed E-state index contributed by atoms with van der Waals surface area (Å²) in [6.07, 6.45) is 2.23. The summed E-state index contributed by atoms with van der Waals surface area (Å²) in [7, 11) is 0. The zero-order valence-corrected chi connectivity index (χ0v) is 11.0. The number of amides is 1. The lowest BCUT2D eigenvalue weighted by atomic mass is 10.1. The molecule has 1 amide bonds. The van der Waals surface area contributed by atoms with Gasteiger partial charge in [0.1, 0.15) is 12.6 Å². The third-order valence-electron chi connectivity index (χ3n) is 3.12. The van der Waals surface area contributed by atoms with Gasteiger partial charge in [-0.25, -0.2) is 0 Å². The standard InChI is InChI=1S/C13H12N4OS/c18-12-11(6-9-7-14-8-15-9)16-13(19)17(12)10-4-2-1-3-5-10/h1-5,8,11H,6-7H2,(H,16,19)/p+1/t11-/m0/s1. The fraction of sp³-hybridized carbons (Fsp3) is 0.231.